The number of nitriles is 1. The van der Waals surface area contributed by atoms with Gasteiger partial charge in [-0.3, -0.25) is 0 Å². The lowest BCUT2D eigenvalue weighted by molar-refractivity contribution is 0.374. The lowest BCUT2D eigenvalue weighted by Crippen LogP contribution is -2.43. The Bertz CT molecular complexity index is 491. The summed E-state index contributed by atoms with van der Waals surface area (Å²) in [4.78, 5) is 2.39. The Morgan fingerprint density at radius 3 is 2.85 bits per heavy atom. The molecule has 1 fully saturated rings. The summed E-state index contributed by atoms with van der Waals surface area (Å²) in [6, 6.07) is 10.8. The highest BCUT2D eigenvalue weighted by atomic mass is 15.1. The second-order valence-electron chi connectivity index (χ2n) is 5.90. The Hall–Kier alpha value is -1.53. The monoisotopic (exact) mass is 271 g/mol. The van der Waals surface area contributed by atoms with Crippen molar-refractivity contribution in [3.05, 3.63) is 29.8 Å². The summed E-state index contributed by atoms with van der Waals surface area (Å²) in [5, 5.41) is 9.29. The molecule has 1 aromatic rings. The third-order valence-corrected chi connectivity index (χ3v) is 4.67. The molecule has 1 aromatic carbocycles. The number of para-hydroxylation sites is 1. The minimum Gasteiger partial charge on any atom is -0.372 e. The Morgan fingerprint density at radius 2 is 2.20 bits per heavy atom. The zero-order valence-electron chi connectivity index (χ0n) is 12.6. The first-order valence-corrected chi connectivity index (χ1v) is 7.61. The van der Waals surface area contributed by atoms with Gasteiger partial charge in [0, 0.05) is 18.8 Å². The van der Waals surface area contributed by atoms with E-state index in [1.807, 2.05) is 0 Å². The lowest BCUT2D eigenvalue weighted by Gasteiger charge is -2.29. The number of rotatable bonds is 5. The normalized spacial score (nSPS) is 25.4. The predicted molar refractivity (Wildman–Crippen MR) is 83.6 cm³/mol. The van der Waals surface area contributed by atoms with Gasteiger partial charge >= 0.3 is 0 Å². The van der Waals surface area contributed by atoms with Crippen molar-refractivity contribution in [1.82, 2.24) is 0 Å². The molecule has 3 nitrogen and oxygen atoms in total. The van der Waals surface area contributed by atoms with Crippen molar-refractivity contribution in [2.24, 2.45) is 11.7 Å². The smallest absolute Gasteiger partial charge is 0.107 e. The molecule has 0 radical (unpaired) electrons. The lowest BCUT2D eigenvalue weighted by atomic mass is 9.87. The Balaban J connectivity index is 2.02. The van der Waals surface area contributed by atoms with Crippen molar-refractivity contribution < 1.29 is 0 Å². The van der Waals surface area contributed by atoms with Crippen LogP contribution in [0.25, 0.3) is 0 Å². The van der Waals surface area contributed by atoms with Crippen LogP contribution in [0.1, 0.15) is 38.2 Å². The highest BCUT2D eigenvalue weighted by molar-refractivity contribution is 5.52. The van der Waals surface area contributed by atoms with Gasteiger partial charge in [0.2, 0.25) is 0 Å². The molecule has 0 aliphatic heterocycles. The highest BCUT2D eigenvalue weighted by Crippen LogP contribution is 2.36. The van der Waals surface area contributed by atoms with E-state index in [1.165, 1.54) is 11.3 Å². The summed E-state index contributed by atoms with van der Waals surface area (Å²) in [6.45, 7) is 6.30. The number of aryl methyl sites for hydroxylation is 1. The van der Waals surface area contributed by atoms with Gasteiger partial charge in [-0.1, -0.05) is 24.6 Å². The SMILES string of the molecule is CCN(CCC1CCCC1(N)C#N)c1ccccc1C. The molecule has 1 aliphatic rings. The fourth-order valence-corrected chi connectivity index (χ4v) is 3.33. The second kappa shape index (κ2) is 6.28. The maximum Gasteiger partial charge on any atom is 0.107 e. The molecule has 2 N–H and O–H groups in total. The molecule has 3 heteroatoms. The molecule has 0 amide bonds. The quantitative estimate of drug-likeness (QED) is 0.894. The summed E-state index contributed by atoms with van der Waals surface area (Å²) >= 11 is 0. The molecule has 2 atom stereocenters. The number of hydrogen-bond donors (Lipinski definition) is 1. The van der Waals surface area contributed by atoms with Gasteiger partial charge in [-0.15, -0.1) is 0 Å². The van der Waals surface area contributed by atoms with Crippen LogP contribution in [-0.2, 0) is 0 Å². The number of anilines is 1. The van der Waals surface area contributed by atoms with Crippen molar-refractivity contribution in [2.45, 2.75) is 45.1 Å². The van der Waals surface area contributed by atoms with Crippen LogP contribution in [0.3, 0.4) is 0 Å². The van der Waals surface area contributed by atoms with Gasteiger partial charge in [0.05, 0.1) is 6.07 Å². The minimum atomic E-state index is -0.592. The van der Waals surface area contributed by atoms with Gasteiger partial charge in [0.15, 0.2) is 0 Å². The molecule has 0 bridgehead atoms. The maximum atomic E-state index is 9.29. The average molecular weight is 271 g/mol. The number of nitrogens with two attached hydrogens (primary N) is 1. The molecule has 108 valence electrons. The topological polar surface area (TPSA) is 53.0 Å². The largest absolute Gasteiger partial charge is 0.372 e. The summed E-state index contributed by atoms with van der Waals surface area (Å²) in [5.74, 6) is 0.338. The molecule has 0 saturated heterocycles. The second-order valence-corrected chi connectivity index (χ2v) is 5.90. The van der Waals surface area contributed by atoms with Gasteiger partial charge in [-0.25, -0.2) is 0 Å². The molecule has 2 unspecified atom stereocenters. The molecule has 1 saturated carbocycles. The molecule has 0 heterocycles. The zero-order valence-corrected chi connectivity index (χ0v) is 12.6. The van der Waals surface area contributed by atoms with Crippen LogP contribution in [0.2, 0.25) is 0 Å². The average Bonchev–Trinajstić information content (AvgIpc) is 2.83. The summed E-state index contributed by atoms with van der Waals surface area (Å²) in [6.07, 6.45) is 4.04. The van der Waals surface area contributed by atoms with E-state index in [9.17, 15) is 5.26 Å². The van der Waals surface area contributed by atoms with Crippen LogP contribution in [0.5, 0.6) is 0 Å². The third-order valence-electron chi connectivity index (χ3n) is 4.67. The van der Waals surface area contributed by atoms with Crippen molar-refractivity contribution in [2.75, 3.05) is 18.0 Å². The van der Waals surface area contributed by atoms with E-state index in [0.717, 1.165) is 38.8 Å². The van der Waals surface area contributed by atoms with Crippen molar-refractivity contribution >= 4 is 5.69 Å². The number of nitrogens with zero attached hydrogens (tertiary/aromatic N) is 2. The standard InChI is InChI=1S/C17H25N3/c1-3-20(16-9-5-4-7-14(16)2)12-10-15-8-6-11-17(15,19)13-18/h4-5,7,9,15H,3,6,8,10-12,19H2,1-2H3. The van der Waals surface area contributed by atoms with E-state index >= 15 is 0 Å². The highest BCUT2D eigenvalue weighted by Gasteiger charge is 2.39. The zero-order chi connectivity index (χ0) is 14.6. The van der Waals surface area contributed by atoms with E-state index in [2.05, 4.69) is 49.1 Å². The Morgan fingerprint density at radius 1 is 1.45 bits per heavy atom. The molecule has 2 rings (SSSR count). The van der Waals surface area contributed by atoms with Crippen LogP contribution in [0.15, 0.2) is 24.3 Å². The Kier molecular flexibility index (Phi) is 4.67. The van der Waals surface area contributed by atoms with Crippen molar-refractivity contribution in [3.63, 3.8) is 0 Å². The first-order chi connectivity index (χ1) is 9.60. The molecule has 0 spiro atoms. The fraction of sp³-hybridized carbons (Fsp3) is 0.588. The minimum absolute atomic E-state index is 0.338. The van der Waals surface area contributed by atoms with Crippen molar-refractivity contribution in [3.8, 4) is 6.07 Å². The first-order valence-electron chi connectivity index (χ1n) is 7.61. The van der Waals surface area contributed by atoms with Gasteiger partial charge in [-0.05, 0) is 50.7 Å². The third kappa shape index (κ3) is 2.96. The van der Waals surface area contributed by atoms with Gasteiger partial charge < -0.3 is 10.6 Å². The molecule has 1 aliphatic carbocycles. The maximum absolute atomic E-state index is 9.29. The van der Waals surface area contributed by atoms with E-state index < -0.39 is 5.54 Å². The molecular weight excluding hydrogens is 246 g/mol. The summed E-state index contributed by atoms with van der Waals surface area (Å²) in [5.41, 5.74) is 8.23. The van der Waals surface area contributed by atoms with Crippen LogP contribution in [0.4, 0.5) is 5.69 Å². The Labute approximate surface area is 122 Å². The van der Waals surface area contributed by atoms with Crippen LogP contribution in [-0.4, -0.2) is 18.6 Å². The van der Waals surface area contributed by atoms with Crippen LogP contribution in [0, 0.1) is 24.2 Å². The first kappa shape index (κ1) is 14.9. The summed E-state index contributed by atoms with van der Waals surface area (Å²) < 4.78 is 0. The van der Waals surface area contributed by atoms with E-state index in [4.69, 9.17) is 5.73 Å². The number of benzene rings is 1. The predicted octanol–water partition coefficient (Wildman–Crippen LogP) is 3.23. The van der Waals surface area contributed by atoms with E-state index in [1.54, 1.807) is 0 Å². The molecule has 20 heavy (non-hydrogen) atoms. The van der Waals surface area contributed by atoms with Gasteiger partial charge in [0.25, 0.3) is 0 Å². The van der Waals surface area contributed by atoms with Crippen molar-refractivity contribution in [1.29, 1.82) is 5.26 Å². The fourth-order valence-electron chi connectivity index (χ4n) is 3.33. The van der Waals surface area contributed by atoms with E-state index in [-0.39, 0.29) is 0 Å². The van der Waals surface area contributed by atoms with Gasteiger partial charge in [-0.2, -0.15) is 5.26 Å². The van der Waals surface area contributed by atoms with Gasteiger partial charge in [0.1, 0.15) is 5.54 Å². The molecular formula is C17H25N3. The number of hydrogen-bond acceptors (Lipinski definition) is 3. The van der Waals surface area contributed by atoms with E-state index in [0.29, 0.717) is 5.92 Å². The van der Waals surface area contributed by atoms with Crippen LogP contribution < -0.4 is 10.6 Å². The molecule has 0 aromatic heterocycles. The summed E-state index contributed by atoms with van der Waals surface area (Å²) in [7, 11) is 0. The van der Waals surface area contributed by atoms with Crippen LogP contribution >= 0.6 is 0 Å².